The van der Waals surface area contributed by atoms with Crippen LogP contribution in [0, 0.1) is 9.49 Å². The molecule has 0 aromatic heterocycles. The van der Waals surface area contributed by atoms with E-state index in [1.807, 2.05) is 26.0 Å². The molecule has 2 nitrogen and oxygen atoms in total. The summed E-state index contributed by atoms with van der Waals surface area (Å²) < 4.78 is 1.05. The molecule has 0 aliphatic carbocycles. The average Bonchev–Trinajstić information content (AvgIpc) is 2.22. The summed E-state index contributed by atoms with van der Waals surface area (Å²) >= 11 is 8.16. The monoisotopic (exact) mass is 337 g/mol. The third-order valence-corrected chi connectivity index (χ3v) is 3.25. The number of anilines is 1. The van der Waals surface area contributed by atoms with Gasteiger partial charge in [0.15, 0.2) is 0 Å². The third kappa shape index (κ3) is 3.65. The Labute approximate surface area is 109 Å². The Bertz CT molecular complexity index is 368. The number of hydrogen-bond donors (Lipinski definition) is 1. The Kier molecular flexibility index (Phi) is 4.86. The van der Waals surface area contributed by atoms with Crippen molar-refractivity contribution in [2.45, 2.75) is 20.3 Å². The lowest BCUT2D eigenvalue weighted by atomic mass is 10.1. The Morgan fingerprint density at radius 3 is 2.87 bits per heavy atom. The summed E-state index contributed by atoms with van der Waals surface area (Å²) in [6.07, 6.45) is 0.827. The highest BCUT2D eigenvalue weighted by atomic mass is 127. The lowest BCUT2D eigenvalue weighted by Gasteiger charge is -2.11. The van der Waals surface area contributed by atoms with Crippen molar-refractivity contribution in [2.24, 2.45) is 5.92 Å². The van der Waals surface area contributed by atoms with E-state index < -0.39 is 0 Å². The van der Waals surface area contributed by atoms with Gasteiger partial charge in [-0.2, -0.15) is 0 Å². The molecule has 0 aliphatic rings. The Hall–Kier alpha value is -0.290. The molecule has 0 fully saturated rings. The maximum Gasteiger partial charge on any atom is 0.227 e. The molecule has 1 unspecified atom stereocenters. The molecule has 0 radical (unpaired) electrons. The zero-order chi connectivity index (χ0) is 11.4. The number of carbonyl (C=O) groups is 1. The van der Waals surface area contributed by atoms with Crippen LogP contribution in [0.3, 0.4) is 0 Å². The predicted octanol–water partition coefficient (Wildman–Crippen LogP) is 3.93. The van der Waals surface area contributed by atoms with Crippen LogP contribution in [0.4, 0.5) is 5.69 Å². The van der Waals surface area contributed by atoms with Crippen LogP contribution < -0.4 is 5.32 Å². The van der Waals surface area contributed by atoms with Crippen molar-refractivity contribution >= 4 is 45.8 Å². The van der Waals surface area contributed by atoms with Crippen LogP contribution in [-0.4, -0.2) is 5.91 Å². The molecule has 0 spiro atoms. The Balaban J connectivity index is 2.80. The molecule has 82 valence electrons. The summed E-state index contributed by atoms with van der Waals surface area (Å²) in [5.74, 6) is 0.0281. The van der Waals surface area contributed by atoms with Crippen LogP contribution in [0.25, 0.3) is 0 Å². The second-order valence-corrected chi connectivity index (χ2v) is 5.08. The Morgan fingerprint density at radius 2 is 2.27 bits per heavy atom. The molecule has 1 aromatic rings. The normalized spacial score (nSPS) is 12.3. The molecular formula is C11H13ClINO. The smallest absolute Gasteiger partial charge is 0.227 e. The maximum atomic E-state index is 11.6. The van der Waals surface area contributed by atoms with Crippen LogP contribution in [0.5, 0.6) is 0 Å². The molecule has 0 heterocycles. The van der Waals surface area contributed by atoms with Crippen molar-refractivity contribution in [2.75, 3.05) is 5.32 Å². The number of amides is 1. The number of halogens is 2. The van der Waals surface area contributed by atoms with Gasteiger partial charge in [0, 0.05) is 9.49 Å². The van der Waals surface area contributed by atoms with E-state index in [2.05, 4.69) is 27.9 Å². The molecule has 1 N–H and O–H groups in total. The van der Waals surface area contributed by atoms with Crippen molar-refractivity contribution in [3.63, 3.8) is 0 Å². The molecule has 0 aliphatic heterocycles. The van der Waals surface area contributed by atoms with Gasteiger partial charge in [-0.25, -0.2) is 0 Å². The van der Waals surface area contributed by atoms with E-state index in [1.54, 1.807) is 6.07 Å². The highest BCUT2D eigenvalue weighted by Gasteiger charge is 2.12. The molecule has 0 saturated carbocycles. The molecule has 1 amide bonds. The van der Waals surface area contributed by atoms with Gasteiger partial charge in [0.25, 0.3) is 0 Å². The van der Waals surface area contributed by atoms with Crippen molar-refractivity contribution < 1.29 is 4.79 Å². The topological polar surface area (TPSA) is 29.1 Å². The van der Waals surface area contributed by atoms with E-state index in [-0.39, 0.29) is 11.8 Å². The fourth-order valence-corrected chi connectivity index (χ4v) is 1.69. The number of benzene rings is 1. The summed E-state index contributed by atoms with van der Waals surface area (Å²) in [7, 11) is 0. The van der Waals surface area contributed by atoms with Crippen molar-refractivity contribution in [1.29, 1.82) is 0 Å². The largest absolute Gasteiger partial charge is 0.325 e. The molecule has 4 heteroatoms. The second kappa shape index (κ2) is 5.70. The average molecular weight is 338 g/mol. The SMILES string of the molecule is CCC(C)C(=O)Nc1cc(I)ccc1Cl. The van der Waals surface area contributed by atoms with Crippen LogP contribution >= 0.6 is 34.2 Å². The maximum absolute atomic E-state index is 11.6. The minimum absolute atomic E-state index is 0.0129. The first kappa shape index (κ1) is 12.8. The standard InChI is InChI=1S/C11H13ClINO/c1-3-7(2)11(15)14-10-6-8(13)4-5-9(10)12/h4-7H,3H2,1-2H3,(H,14,15). The van der Waals surface area contributed by atoms with E-state index in [0.717, 1.165) is 9.99 Å². The lowest BCUT2D eigenvalue weighted by molar-refractivity contribution is -0.119. The summed E-state index contributed by atoms with van der Waals surface area (Å²) in [5.41, 5.74) is 0.689. The number of nitrogens with one attached hydrogen (secondary N) is 1. The summed E-state index contributed by atoms with van der Waals surface area (Å²) in [4.78, 5) is 11.6. The van der Waals surface area contributed by atoms with Gasteiger partial charge in [0.2, 0.25) is 5.91 Å². The van der Waals surface area contributed by atoms with Gasteiger partial charge in [-0.05, 0) is 47.2 Å². The van der Waals surface area contributed by atoms with Gasteiger partial charge in [0.1, 0.15) is 0 Å². The van der Waals surface area contributed by atoms with E-state index >= 15 is 0 Å². The van der Waals surface area contributed by atoms with Crippen molar-refractivity contribution in [1.82, 2.24) is 0 Å². The number of carbonyl (C=O) groups excluding carboxylic acids is 1. The van der Waals surface area contributed by atoms with Crippen LogP contribution in [0.1, 0.15) is 20.3 Å². The molecule has 1 aromatic carbocycles. The highest BCUT2D eigenvalue weighted by molar-refractivity contribution is 14.1. The van der Waals surface area contributed by atoms with E-state index in [9.17, 15) is 4.79 Å². The van der Waals surface area contributed by atoms with Crippen LogP contribution in [0.15, 0.2) is 18.2 Å². The molecule has 1 rings (SSSR count). The predicted molar refractivity (Wildman–Crippen MR) is 72.3 cm³/mol. The van der Waals surface area contributed by atoms with Gasteiger partial charge in [-0.3, -0.25) is 4.79 Å². The first-order valence-corrected chi connectivity index (χ1v) is 6.26. The van der Waals surface area contributed by atoms with E-state index in [4.69, 9.17) is 11.6 Å². The fourth-order valence-electron chi connectivity index (χ4n) is 1.03. The fraction of sp³-hybridized carbons (Fsp3) is 0.364. The summed E-state index contributed by atoms with van der Waals surface area (Å²) in [6, 6.07) is 5.56. The Morgan fingerprint density at radius 1 is 1.60 bits per heavy atom. The number of hydrogen-bond acceptors (Lipinski definition) is 1. The van der Waals surface area contributed by atoms with Crippen molar-refractivity contribution in [3.8, 4) is 0 Å². The molecule has 15 heavy (non-hydrogen) atoms. The molecule has 0 bridgehead atoms. The first-order valence-electron chi connectivity index (χ1n) is 4.80. The number of rotatable bonds is 3. The minimum atomic E-state index is 0.0129. The van der Waals surface area contributed by atoms with Gasteiger partial charge in [-0.15, -0.1) is 0 Å². The zero-order valence-electron chi connectivity index (χ0n) is 8.68. The van der Waals surface area contributed by atoms with Crippen molar-refractivity contribution in [3.05, 3.63) is 26.8 Å². The first-order chi connectivity index (χ1) is 7.04. The zero-order valence-corrected chi connectivity index (χ0v) is 11.6. The van der Waals surface area contributed by atoms with Gasteiger partial charge in [-0.1, -0.05) is 25.4 Å². The van der Waals surface area contributed by atoms with Gasteiger partial charge < -0.3 is 5.32 Å². The molecule has 1 atom stereocenters. The molecular weight excluding hydrogens is 324 g/mol. The van der Waals surface area contributed by atoms with Gasteiger partial charge in [0.05, 0.1) is 10.7 Å². The second-order valence-electron chi connectivity index (χ2n) is 3.42. The van der Waals surface area contributed by atoms with Crippen LogP contribution in [0.2, 0.25) is 5.02 Å². The highest BCUT2D eigenvalue weighted by Crippen LogP contribution is 2.24. The molecule has 0 saturated heterocycles. The quantitative estimate of drug-likeness (QED) is 0.832. The minimum Gasteiger partial charge on any atom is -0.325 e. The summed E-state index contributed by atoms with van der Waals surface area (Å²) in [5, 5.41) is 3.40. The van der Waals surface area contributed by atoms with E-state index in [1.165, 1.54) is 0 Å². The summed E-state index contributed by atoms with van der Waals surface area (Å²) in [6.45, 7) is 3.89. The van der Waals surface area contributed by atoms with E-state index in [0.29, 0.717) is 10.7 Å². The van der Waals surface area contributed by atoms with Crippen LogP contribution in [-0.2, 0) is 4.79 Å². The van der Waals surface area contributed by atoms with Gasteiger partial charge >= 0.3 is 0 Å². The third-order valence-electron chi connectivity index (χ3n) is 2.25. The lowest BCUT2D eigenvalue weighted by Crippen LogP contribution is -2.19.